The summed E-state index contributed by atoms with van der Waals surface area (Å²) in [7, 11) is 0. The highest BCUT2D eigenvalue weighted by molar-refractivity contribution is 6.07. The number of fused-ring (bicyclic) bond motifs is 1. The number of benzene rings is 2. The molecule has 1 fully saturated rings. The third kappa shape index (κ3) is 2.44. The number of nitrogens with one attached hydrogen (secondary N) is 1. The van der Waals surface area contributed by atoms with Gasteiger partial charge in [0.05, 0.1) is 12.1 Å². The van der Waals surface area contributed by atoms with Crippen molar-refractivity contribution in [3.05, 3.63) is 78.0 Å². The number of imide groups is 1. The van der Waals surface area contributed by atoms with Crippen LogP contribution >= 0.6 is 0 Å². The maximum atomic E-state index is 13.2. The molecule has 3 amide bonds. The molecule has 1 aliphatic rings. The normalized spacial score (nSPS) is 19.8. The summed E-state index contributed by atoms with van der Waals surface area (Å²) in [4.78, 5) is 31.6. The number of para-hydroxylation sites is 1. The number of pyridine rings is 1. The van der Waals surface area contributed by atoms with Crippen molar-refractivity contribution in [1.82, 2.24) is 15.2 Å². The van der Waals surface area contributed by atoms with E-state index in [1.165, 1.54) is 4.90 Å². The van der Waals surface area contributed by atoms with Gasteiger partial charge in [0.2, 0.25) is 0 Å². The molecule has 130 valence electrons. The number of urea groups is 1. The van der Waals surface area contributed by atoms with Gasteiger partial charge in [0.25, 0.3) is 5.91 Å². The quantitative estimate of drug-likeness (QED) is 0.735. The van der Waals surface area contributed by atoms with E-state index in [2.05, 4.69) is 10.3 Å². The van der Waals surface area contributed by atoms with Gasteiger partial charge in [0.15, 0.2) is 0 Å². The SMILES string of the molecule is CC[C@]1(c2ccccc2)NC(=O)N(Cc2cccc3cccnc23)C1=O. The van der Waals surface area contributed by atoms with Crippen molar-refractivity contribution >= 4 is 22.8 Å². The summed E-state index contributed by atoms with van der Waals surface area (Å²) >= 11 is 0. The lowest BCUT2D eigenvalue weighted by Gasteiger charge is -2.25. The van der Waals surface area contributed by atoms with Gasteiger partial charge in [-0.15, -0.1) is 0 Å². The van der Waals surface area contributed by atoms with Crippen LogP contribution in [0.25, 0.3) is 10.9 Å². The van der Waals surface area contributed by atoms with E-state index in [-0.39, 0.29) is 18.5 Å². The van der Waals surface area contributed by atoms with Crippen molar-refractivity contribution in [2.24, 2.45) is 0 Å². The number of carbonyl (C=O) groups is 2. The van der Waals surface area contributed by atoms with Gasteiger partial charge in [-0.05, 0) is 23.6 Å². The first kappa shape index (κ1) is 16.3. The zero-order chi connectivity index (χ0) is 18.1. The fraction of sp³-hybridized carbons (Fsp3) is 0.190. The van der Waals surface area contributed by atoms with Crippen molar-refractivity contribution in [3.63, 3.8) is 0 Å². The highest BCUT2D eigenvalue weighted by Gasteiger charge is 2.51. The summed E-state index contributed by atoms with van der Waals surface area (Å²) in [6, 6.07) is 18.7. The Hall–Kier alpha value is -3.21. The number of amides is 3. The molecule has 0 unspecified atom stereocenters. The van der Waals surface area contributed by atoms with Crippen molar-refractivity contribution in [3.8, 4) is 0 Å². The van der Waals surface area contributed by atoms with Gasteiger partial charge < -0.3 is 5.32 Å². The highest BCUT2D eigenvalue weighted by atomic mass is 16.2. The molecule has 0 radical (unpaired) electrons. The largest absolute Gasteiger partial charge is 0.325 e. The van der Waals surface area contributed by atoms with E-state index >= 15 is 0 Å². The molecule has 5 nitrogen and oxygen atoms in total. The number of nitrogens with zero attached hydrogens (tertiary/aromatic N) is 2. The molecule has 0 aliphatic carbocycles. The molecule has 0 spiro atoms. The molecule has 1 aromatic heterocycles. The van der Waals surface area contributed by atoms with Crippen LogP contribution in [0.4, 0.5) is 4.79 Å². The van der Waals surface area contributed by atoms with Gasteiger partial charge in [-0.3, -0.25) is 14.7 Å². The van der Waals surface area contributed by atoms with Crippen LogP contribution in [0.15, 0.2) is 66.9 Å². The predicted octanol–water partition coefficient (Wildman–Crippen LogP) is 3.59. The first-order valence-corrected chi connectivity index (χ1v) is 8.68. The topological polar surface area (TPSA) is 62.3 Å². The summed E-state index contributed by atoms with van der Waals surface area (Å²) in [5, 5.41) is 3.91. The molecule has 3 aromatic rings. The van der Waals surface area contributed by atoms with E-state index in [0.717, 1.165) is 22.0 Å². The minimum Gasteiger partial charge on any atom is -0.319 e. The predicted molar refractivity (Wildman–Crippen MR) is 99.2 cm³/mol. The Balaban J connectivity index is 1.72. The van der Waals surface area contributed by atoms with Crippen LogP contribution in [-0.4, -0.2) is 21.8 Å². The Morgan fingerprint density at radius 2 is 1.77 bits per heavy atom. The minimum absolute atomic E-state index is 0.202. The average molecular weight is 345 g/mol. The maximum absolute atomic E-state index is 13.2. The zero-order valence-electron chi connectivity index (χ0n) is 14.5. The van der Waals surface area contributed by atoms with E-state index in [1.807, 2.05) is 67.6 Å². The first-order valence-electron chi connectivity index (χ1n) is 8.68. The van der Waals surface area contributed by atoms with Gasteiger partial charge in [-0.2, -0.15) is 0 Å². The lowest BCUT2D eigenvalue weighted by Crippen LogP contribution is -2.43. The second kappa shape index (κ2) is 6.26. The summed E-state index contributed by atoms with van der Waals surface area (Å²) in [5.41, 5.74) is 1.46. The zero-order valence-corrected chi connectivity index (χ0v) is 14.5. The highest BCUT2D eigenvalue weighted by Crippen LogP contribution is 2.33. The van der Waals surface area contributed by atoms with Gasteiger partial charge in [-0.25, -0.2) is 4.79 Å². The number of aromatic nitrogens is 1. The number of hydrogen-bond donors (Lipinski definition) is 1. The Morgan fingerprint density at radius 1 is 1.00 bits per heavy atom. The molecule has 26 heavy (non-hydrogen) atoms. The molecular formula is C21H19N3O2. The van der Waals surface area contributed by atoms with Crippen molar-refractivity contribution in [2.75, 3.05) is 0 Å². The van der Waals surface area contributed by atoms with Crippen LogP contribution < -0.4 is 5.32 Å². The number of hydrogen-bond acceptors (Lipinski definition) is 3. The molecule has 0 saturated carbocycles. The second-order valence-corrected chi connectivity index (χ2v) is 6.44. The third-order valence-corrected chi connectivity index (χ3v) is 5.02. The second-order valence-electron chi connectivity index (χ2n) is 6.44. The summed E-state index contributed by atoms with van der Waals surface area (Å²) in [6.45, 7) is 2.11. The Kier molecular flexibility index (Phi) is 3.92. The Morgan fingerprint density at radius 3 is 2.54 bits per heavy atom. The summed E-state index contributed by atoms with van der Waals surface area (Å²) in [6.07, 6.45) is 2.21. The number of rotatable bonds is 4. The minimum atomic E-state index is -1.00. The van der Waals surface area contributed by atoms with E-state index in [4.69, 9.17) is 0 Å². The van der Waals surface area contributed by atoms with Crippen LogP contribution in [0, 0.1) is 0 Å². The van der Waals surface area contributed by atoms with Crippen molar-refractivity contribution < 1.29 is 9.59 Å². The monoisotopic (exact) mass is 345 g/mol. The molecule has 0 bridgehead atoms. The molecule has 1 N–H and O–H groups in total. The molecule has 1 aliphatic heterocycles. The smallest absolute Gasteiger partial charge is 0.319 e. The van der Waals surface area contributed by atoms with Gasteiger partial charge in [0.1, 0.15) is 5.54 Å². The van der Waals surface area contributed by atoms with Crippen molar-refractivity contribution in [2.45, 2.75) is 25.4 Å². The van der Waals surface area contributed by atoms with E-state index < -0.39 is 5.54 Å². The third-order valence-electron chi connectivity index (χ3n) is 5.02. The lowest BCUT2D eigenvalue weighted by atomic mass is 9.87. The molecule has 1 atom stereocenters. The van der Waals surface area contributed by atoms with Crippen LogP contribution in [-0.2, 0) is 16.9 Å². The fourth-order valence-electron chi connectivity index (χ4n) is 3.60. The van der Waals surface area contributed by atoms with Crippen LogP contribution in [0.2, 0.25) is 0 Å². The first-order chi connectivity index (χ1) is 12.7. The summed E-state index contributed by atoms with van der Waals surface area (Å²) < 4.78 is 0. The Labute approximate surface area is 151 Å². The summed E-state index contributed by atoms with van der Waals surface area (Å²) in [5.74, 6) is -0.218. The molecule has 2 heterocycles. The average Bonchev–Trinajstić information content (AvgIpc) is 2.94. The number of carbonyl (C=O) groups excluding carboxylic acids is 2. The fourth-order valence-corrected chi connectivity index (χ4v) is 3.60. The van der Waals surface area contributed by atoms with Gasteiger partial charge in [-0.1, -0.05) is 61.5 Å². The maximum Gasteiger partial charge on any atom is 0.325 e. The van der Waals surface area contributed by atoms with Gasteiger partial charge in [0, 0.05) is 11.6 Å². The Bertz CT molecular complexity index is 981. The van der Waals surface area contributed by atoms with E-state index in [0.29, 0.717) is 6.42 Å². The van der Waals surface area contributed by atoms with E-state index in [9.17, 15) is 9.59 Å². The van der Waals surface area contributed by atoms with E-state index in [1.54, 1.807) is 6.20 Å². The van der Waals surface area contributed by atoms with Crippen LogP contribution in [0.5, 0.6) is 0 Å². The standard InChI is InChI=1S/C21H19N3O2/c1-2-21(17-11-4-3-5-12-17)19(25)24(20(26)23-21)14-16-9-6-8-15-10-7-13-22-18(15)16/h3-13H,2,14H2,1H3,(H,23,26)/t21-/m1/s1. The lowest BCUT2D eigenvalue weighted by molar-refractivity contribution is -0.132. The van der Waals surface area contributed by atoms with Crippen molar-refractivity contribution in [1.29, 1.82) is 0 Å². The molecule has 2 aromatic carbocycles. The van der Waals surface area contributed by atoms with Crippen LogP contribution in [0.1, 0.15) is 24.5 Å². The molecular weight excluding hydrogens is 326 g/mol. The molecule has 4 rings (SSSR count). The van der Waals surface area contributed by atoms with Gasteiger partial charge >= 0.3 is 6.03 Å². The van der Waals surface area contributed by atoms with Crippen LogP contribution in [0.3, 0.4) is 0 Å². The molecule has 5 heteroatoms. The molecule has 1 saturated heterocycles.